The van der Waals surface area contributed by atoms with E-state index < -0.39 is 32.4 Å². The predicted octanol–water partition coefficient (Wildman–Crippen LogP) is -0.148. The molecule has 7 N–H and O–H groups in total. The zero-order chi connectivity index (χ0) is 21.3. The topological polar surface area (TPSA) is 176 Å². The summed E-state index contributed by atoms with van der Waals surface area (Å²) >= 11 is 0. The molecule has 5 atom stereocenters. The smallest absolute Gasteiger partial charge is 0.385 e. The zero-order valence-corrected chi connectivity index (χ0v) is 17.3. The van der Waals surface area contributed by atoms with Crippen LogP contribution in [0, 0.1) is 0 Å². The second-order valence-corrected chi connectivity index (χ2v) is 8.97. The van der Waals surface area contributed by atoms with Gasteiger partial charge in [0.25, 0.3) is 0 Å². The maximum absolute atomic E-state index is 10.7. The molecule has 2 aliphatic rings. The monoisotopic (exact) mass is 438 g/mol. The van der Waals surface area contributed by atoms with Crippen LogP contribution in [0.25, 0.3) is 11.2 Å². The molecule has 2 radical (unpaired) electrons. The number of aliphatic hydroxyl groups excluding tert-OH is 1. The maximum Gasteiger partial charge on any atom is 0.488 e. The van der Waals surface area contributed by atoms with E-state index in [2.05, 4.69) is 20.3 Å². The van der Waals surface area contributed by atoms with E-state index in [9.17, 15) is 10.00 Å². The first-order chi connectivity index (χ1) is 14.4. The van der Waals surface area contributed by atoms with Crippen LogP contribution >= 0.6 is 7.82 Å². The Kier molecular flexibility index (Phi) is 6.40. The Morgan fingerprint density at radius 1 is 1.30 bits per heavy atom. The van der Waals surface area contributed by atoms with Gasteiger partial charge in [-0.15, -0.1) is 0 Å². The molecule has 2 aromatic heterocycles. The first-order valence-corrected chi connectivity index (χ1v) is 11.5. The number of fused-ring (bicyclic) bond motifs is 2. The highest BCUT2D eigenvalue weighted by molar-refractivity contribution is 7.85. The Bertz CT molecular complexity index is 887. The minimum Gasteiger partial charge on any atom is -0.385 e. The van der Waals surface area contributed by atoms with Gasteiger partial charge in [0.2, 0.25) is 5.95 Å². The van der Waals surface area contributed by atoms with E-state index in [0.29, 0.717) is 30.2 Å². The number of hydrogen-bond acceptors (Lipinski definition) is 11. The molecule has 2 saturated heterocycles. The minimum absolute atomic E-state index is 0.0136. The number of ether oxygens (including phenoxy) is 1. The second-order valence-electron chi connectivity index (χ2n) is 7.37. The van der Waals surface area contributed by atoms with Crippen molar-refractivity contribution in [2.24, 2.45) is 5.73 Å². The third kappa shape index (κ3) is 4.38. The summed E-state index contributed by atoms with van der Waals surface area (Å²) in [6.07, 6.45) is 2.21. The summed E-state index contributed by atoms with van der Waals surface area (Å²) in [5.74, 6) is 0.587. The van der Waals surface area contributed by atoms with Gasteiger partial charge in [0.05, 0.1) is 6.33 Å². The Morgan fingerprint density at radius 3 is 2.90 bits per heavy atom. The number of nitrogens with two attached hydrogens (primary N) is 2. The van der Waals surface area contributed by atoms with Crippen LogP contribution in [0.1, 0.15) is 31.9 Å². The molecule has 162 valence electrons. The number of aromatic nitrogens is 4. The summed E-state index contributed by atoms with van der Waals surface area (Å²) in [5.41, 5.74) is 12.4. The highest BCUT2D eigenvalue weighted by atomic mass is 31.2. The van der Waals surface area contributed by atoms with Crippen LogP contribution in [0.3, 0.4) is 0 Å². The van der Waals surface area contributed by atoms with E-state index in [1.165, 1.54) is 6.33 Å². The molecule has 4 rings (SSSR count). The number of imidazole rings is 1. The average Bonchev–Trinajstić information content (AvgIpc) is 3.25. The highest BCUT2D eigenvalue weighted by Crippen LogP contribution is 2.58. The van der Waals surface area contributed by atoms with Crippen molar-refractivity contribution >= 4 is 38.3 Å². The Hall–Kier alpha value is -1.60. The number of nitrogen functional groups attached to an aromatic ring is 1. The van der Waals surface area contributed by atoms with Crippen LogP contribution in [0.4, 0.5) is 11.8 Å². The molecule has 2 aromatic rings. The van der Waals surface area contributed by atoms with E-state index in [4.69, 9.17) is 32.8 Å². The second kappa shape index (κ2) is 8.87. The lowest BCUT2D eigenvalue weighted by Gasteiger charge is -2.27. The van der Waals surface area contributed by atoms with Gasteiger partial charge in [0, 0.05) is 6.54 Å². The SMILES string of the molecule is [B][P+]1(O)OC[C@H]2O[C@@H](n3cnc4c(N)nc(NCCCCCCN)nc43)[C@@H](O)[C@H]2O1. The normalized spacial score (nSPS) is 31.2. The number of anilines is 2. The lowest BCUT2D eigenvalue weighted by Crippen LogP contribution is -2.40. The fraction of sp³-hybridized carbons (Fsp3) is 0.688. The summed E-state index contributed by atoms with van der Waals surface area (Å²) in [4.78, 5) is 22.9. The number of aliphatic hydroxyl groups is 1. The number of unbranched alkanes of at least 4 members (excludes halogenated alkanes) is 3. The largest absolute Gasteiger partial charge is 0.488 e. The molecule has 2 fully saturated rings. The van der Waals surface area contributed by atoms with Crippen molar-refractivity contribution < 1.29 is 23.8 Å². The number of nitrogens with one attached hydrogen (secondary N) is 1. The lowest BCUT2D eigenvalue weighted by atomic mass is 10.1. The number of nitrogens with zero attached hydrogens (tertiary/aromatic N) is 4. The summed E-state index contributed by atoms with van der Waals surface area (Å²) < 4.78 is 17.9. The first-order valence-electron chi connectivity index (χ1n) is 9.90. The minimum atomic E-state index is -3.46. The summed E-state index contributed by atoms with van der Waals surface area (Å²) in [7, 11) is 2.10. The predicted molar refractivity (Wildman–Crippen MR) is 111 cm³/mol. The van der Waals surface area contributed by atoms with Crippen molar-refractivity contribution in [3.8, 4) is 0 Å². The molecule has 0 saturated carbocycles. The summed E-state index contributed by atoms with van der Waals surface area (Å²) in [5, 5.41) is 13.9. The van der Waals surface area contributed by atoms with E-state index in [0.717, 1.165) is 25.7 Å². The summed E-state index contributed by atoms with van der Waals surface area (Å²) in [6, 6.07) is 0. The maximum atomic E-state index is 10.7. The van der Waals surface area contributed by atoms with Gasteiger partial charge in [0.1, 0.15) is 24.3 Å². The molecule has 2 aliphatic heterocycles. The Labute approximate surface area is 175 Å². The van der Waals surface area contributed by atoms with Gasteiger partial charge in [0.15, 0.2) is 23.8 Å². The molecule has 0 aromatic carbocycles. The van der Waals surface area contributed by atoms with E-state index in [-0.39, 0.29) is 12.4 Å². The lowest BCUT2D eigenvalue weighted by molar-refractivity contribution is -0.0603. The van der Waals surface area contributed by atoms with Crippen LogP contribution < -0.4 is 16.8 Å². The molecule has 0 spiro atoms. The molecule has 4 heterocycles. The van der Waals surface area contributed by atoms with Crippen molar-refractivity contribution in [2.75, 3.05) is 30.7 Å². The van der Waals surface area contributed by atoms with Crippen molar-refractivity contribution in [3.63, 3.8) is 0 Å². The van der Waals surface area contributed by atoms with Crippen molar-refractivity contribution in [1.82, 2.24) is 19.5 Å². The highest BCUT2D eigenvalue weighted by Gasteiger charge is 2.57. The first kappa shape index (κ1) is 21.6. The van der Waals surface area contributed by atoms with Gasteiger partial charge in [-0.2, -0.15) is 19.0 Å². The quantitative estimate of drug-likeness (QED) is 0.211. The molecule has 14 heteroatoms. The van der Waals surface area contributed by atoms with Crippen molar-refractivity contribution in [1.29, 1.82) is 0 Å². The van der Waals surface area contributed by atoms with Gasteiger partial charge < -0.3 is 26.6 Å². The molecule has 1 unspecified atom stereocenters. The van der Waals surface area contributed by atoms with E-state index in [1.54, 1.807) is 4.57 Å². The van der Waals surface area contributed by atoms with Crippen LogP contribution in [0.15, 0.2) is 6.33 Å². The molecule has 0 bridgehead atoms. The van der Waals surface area contributed by atoms with Gasteiger partial charge >= 0.3 is 15.4 Å². The molecular formula is C16H26BN7O5P+. The molecule has 12 nitrogen and oxygen atoms in total. The van der Waals surface area contributed by atoms with E-state index >= 15 is 0 Å². The van der Waals surface area contributed by atoms with Crippen LogP contribution in [0.2, 0.25) is 0 Å². The fourth-order valence-electron chi connectivity index (χ4n) is 3.63. The number of rotatable bonds is 8. The Balaban J connectivity index is 1.50. The van der Waals surface area contributed by atoms with Crippen LogP contribution in [0.5, 0.6) is 0 Å². The third-order valence-corrected chi connectivity index (χ3v) is 6.21. The molecular weight excluding hydrogens is 412 g/mol. The number of hydrogen-bond donors (Lipinski definition) is 5. The zero-order valence-electron chi connectivity index (χ0n) is 16.4. The van der Waals surface area contributed by atoms with Gasteiger partial charge in [-0.3, -0.25) is 4.57 Å². The molecule has 0 aliphatic carbocycles. The van der Waals surface area contributed by atoms with Gasteiger partial charge in [-0.1, -0.05) is 12.8 Å². The molecule has 30 heavy (non-hydrogen) atoms. The van der Waals surface area contributed by atoms with Crippen LogP contribution in [-0.2, 0) is 13.8 Å². The third-order valence-electron chi connectivity index (χ3n) is 5.14. The van der Waals surface area contributed by atoms with E-state index in [1.807, 2.05) is 0 Å². The van der Waals surface area contributed by atoms with Crippen molar-refractivity contribution in [3.05, 3.63) is 6.33 Å². The Morgan fingerprint density at radius 2 is 2.10 bits per heavy atom. The fourth-order valence-corrected chi connectivity index (χ4v) is 4.66. The summed E-state index contributed by atoms with van der Waals surface area (Å²) in [6.45, 7) is 1.41. The standard InChI is InChI=1S/C16H26BN7O5P/c17-30(26)27-7-9-12(29-30)11(25)15(28-9)24-8-21-10-13(19)22-16(23-14(10)24)20-6-4-2-1-3-5-18/h8-9,11-12,15,25-26H,1-7,18H2,(H3,19,20,22,23)/q+1/t9-,11+,12+,15-,30?/m1/s1. The molecule has 0 amide bonds. The van der Waals surface area contributed by atoms with Crippen molar-refractivity contribution in [2.45, 2.75) is 50.2 Å². The van der Waals surface area contributed by atoms with Crippen LogP contribution in [-0.4, -0.2) is 75.1 Å². The van der Waals surface area contributed by atoms with Gasteiger partial charge in [-0.05, 0) is 19.4 Å². The average molecular weight is 438 g/mol. The van der Waals surface area contributed by atoms with Gasteiger partial charge in [-0.25, -0.2) is 9.88 Å².